The van der Waals surface area contributed by atoms with E-state index < -0.39 is 0 Å². The van der Waals surface area contributed by atoms with E-state index in [1.54, 1.807) is 18.2 Å². The third kappa shape index (κ3) is 2.19. The number of hydrogen-bond acceptors (Lipinski definition) is 3. The van der Waals surface area contributed by atoms with Crippen molar-refractivity contribution in [1.82, 2.24) is 4.90 Å². The minimum atomic E-state index is -0.280. The average molecular weight is 281 g/mol. The van der Waals surface area contributed by atoms with Crippen molar-refractivity contribution in [2.75, 3.05) is 5.73 Å². The van der Waals surface area contributed by atoms with Gasteiger partial charge in [-0.25, -0.2) is 0 Å². The largest absolute Gasteiger partial charge is 0.399 e. The summed E-state index contributed by atoms with van der Waals surface area (Å²) in [7, 11) is 0. The van der Waals surface area contributed by atoms with Crippen LogP contribution in [0.25, 0.3) is 0 Å². The summed E-state index contributed by atoms with van der Waals surface area (Å²) < 4.78 is 0. The lowest BCUT2D eigenvalue weighted by atomic mass is 9.98. The number of hydrogen-bond donors (Lipinski definition) is 2. The molecule has 2 fully saturated rings. The summed E-state index contributed by atoms with van der Waals surface area (Å²) in [6.07, 6.45) is 2.99. The van der Waals surface area contributed by atoms with Crippen LogP contribution in [0.3, 0.4) is 0 Å². The molecule has 2 unspecified atom stereocenters. The van der Waals surface area contributed by atoms with Crippen LogP contribution in [0.4, 0.5) is 5.69 Å². The zero-order valence-electron chi connectivity index (χ0n) is 10.6. The summed E-state index contributed by atoms with van der Waals surface area (Å²) in [5, 5.41) is 10.2. The molecule has 0 aliphatic carbocycles. The van der Waals surface area contributed by atoms with E-state index in [0.717, 1.165) is 12.8 Å². The average Bonchev–Trinajstić information content (AvgIpc) is 2.64. The number of carbonyl (C=O) groups excluding carboxylic acids is 1. The van der Waals surface area contributed by atoms with Crippen molar-refractivity contribution in [2.45, 2.75) is 43.9 Å². The van der Waals surface area contributed by atoms with Crippen LogP contribution in [0.15, 0.2) is 18.2 Å². The van der Waals surface area contributed by atoms with E-state index in [-0.39, 0.29) is 24.1 Å². The van der Waals surface area contributed by atoms with Crippen LogP contribution in [0.2, 0.25) is 5.02 Å². The van der Waals surface area contributed by atoms with Gasteiger partial charge in [0.2, 0.25) is 0 Å². The molecular weight excluding hydrogens is 264 g/mol. The number of benzene rings is 1. The van der Waals surface area contributed by atoms with Gasteiger partial charge in [-0.1, -0.05) is 11.6 Å². The van der Waals surface area contributed by atoms with Gasteiger partial charge >= 0.3 is 0 Å². The molecule has 2 aliphatic heterocycles. The minimum absolute atomic E-state index is 0.0586. The highest BCUT2D eigenvalue weighted by atomic mass is 35.5. The standard InChI is InChI=1S/C14H17ClN2O2/c15-13-4-1-8(16)5-12(13)14(19)17-9-2-3-10(17)7-11(18)6-9/h1,4-5,9-11,18H,2-3,6-7,16H2. The third-order valence-corrected chi connectivity index (χ3v) is 4.49. The molecule has 1 amide bonds. The van der Waals surface area contributed by atoms with Crippen molar-refractivity contribution in [3.8, 4) is 0 Å². The topological polar surface area (TPSA) is 66.6 Å². The molecule has 2 aliphatic rings. The molecule has 0 radical (unpaired) electrons. The van der Waals surface area contributed by atoms with Gasteiger partial charge in [-0.3, -0.25) is 4.79 Å². The van der Waals surface area contributed by atoms with Crippen molar-refractivity contribution < 1.29 is 9.90 Å². The number of nitrogens with zero attached hydrogens (tertiary/aromatic N) is 1. The highest BCUT2D eigenvalue weighted by Gasteiger charge is 2.43. The van der Waals surface area contributed by atoms with Gasteiger partial charge in [-0.15, -0.1) is 0 Å². The first kappa shape index (κ1) is 12.8. The van der Waals surface area contributed by atoms with E-state index in [1.165, 1.54) is 0 Å². The number of fused-ring (bicyclic) bond motifs is 2. The second-order valence-corrected chi connectivity index (χ2v) is 5.87. The number of aliphatic hydroxyl groups excluding tert-OH is 1. The van der Waals surface area contributed by atoms with Gasteiger partial charge in [0.15, 0.2) is 0 Å². The lowest BCUT2D eigenvalue weighted by molar-refractivity contribution is 0.0287. The van der Waals surface area contributed by atoms with Crippen LogP contribution >= 0.6 is 11.6 Å². The van der Waals surface area contributed by atoms with Gasteiger partial charge in [0.25, 0.3) is 5.91 Å². The lowest BCUT2D eigenvalue weighted by Gasteiger charge is -2.37. The van der Waals surface area contributed by atoms with Gasteiger partial charge < -0.3 is 15.7 Å². The zero-order valence-corrected chi connectivity index (χ0v) is 11.3. The number of aliphatic hydroxyl groups is 1. The van der Waals surface area contributed by atoms with Crippen LogP contribution in [-0.2, 0) is 0 Å². The molecule has 0 aromatic heterocycles. The first-order valence-corrected chi connectivity index (χ1v) is 7.00. The summed E-state index contributed by atoms with van der Waals surface area (Å²) >= 11 is 6.10. The van der Waals surface area contributed by atoms with Gasteiger partial charge in [0.1, 0.15) is 0 Å². The van der Waals surface area contributed by atoms with Crippen molar-refractivity contribution in [1.29, 1.82) is 0 Å². The molecule has 1 aromatic rings. The fourth-order valence-corrected chi connectivity index (χ4v) is 3.52. The van der Waals surface area contributed by atoms with E-state index in [9.17, 15) is 9.90 Å². The Bertz CT molecular complexity index is 506. The maximum Gasteiger partial charge on any atom is 0.255 e. The summed E-state index contributed by atoms with van der Waals surface area (Å²) in [4.78, 5) is 14.5. The molecule has 0 saturated carbocycles. The quantitative estimate of drug-likeness (QED) is 0.774. The SMILES string of the molecule is Nc1ccc(Cl)c(C(=O)N2C3CCC2CC(O)C3)c1. The summed E-state index contributed by atoms with van der Waals surface area (Å²) in [6, 6.07) is 5.26. The van der Waals surface area contributed by atoms with E-state index >= 15 is 0 Å². The number of anilines is 1. The summed E-state index contributed by atoms with van der Waals surface area (Å²) in [5.74, 6) is -0.0586. The molecule has 2 heterocycles. The van der Waals surface area contributed by atoms with Gasteiger partial charge in [0.05, 0.1) is 16.7 Å². The first-order chi connectivity index (χ1) is 9.06. The normalized spacial score (nSPS) is 29.6. The molecule has 19 heavy (non-hydrogen) atoms. The minimum Gasteiger partial charge on any atom is -0.399 e. The smallest absolute Gasteiger partial charge is 0.255 e. The van der Waals surface area contributed by atoms with Crippen molar-refractivity contribution >= 4 is 23.2 Å². The van der Waals surface area contributed by atoms with E-state index in [0.29, 0.717) is 29.1 Å². The highest BCUT2D eigenvalue weighted by Crippen LogP contribution is 2.37. The maximum atomic E-state index is 12.6. The van der Waals surface area contributed by atoms with E-state index in [4.69, 9.17) is 17.3 Å². The molecule has 2 atom stereocenters. The monoisotopic (exact) mass is 280 g/mol. The fraction of sp³-hybridized carbons (Fsp3) is 0.500. The van der Waals surface area contributed by atoms with Crippen molar-refractivity contribution in [2.24, 2.45) is 0 Å². The van der Waals surface area contributed by atoms with Crippen LogP contribution in [0.1, 0.15) is 36.0 Å². The lowest BCUT2D eigenvalue weighted by Crippen LogP contribution is -2.48. The van der Waals surface area contributed by atoms with Crippen LogP contribution in [-0.4, -0.2) is 34.1 Å². The summed E-state index contributed by atoms with van der Waals surface area (Å²) in [6.45, 7) is 0. The van der Waals surface area contributed by atoms with Crippen molar-refractivity contribution in [3.05, 3.63) is 28.8 Å². The van der Waals surface area contributed by atoms with E-state index in [1.807, 2.05) is 4.90 Å². The number of nitrogens with two attached hydrogens (primary N) is 1. The van der Waals surface area contributed by atoms with E-state index in [2.05, 4.69) is 0 Å². The molecule has 2 saturated heterocycles. The molecule has 5 heteroatoms. The zero-order chi connectivity index (χ0) is 13.6. The Hall–Kier alpha value is -1.26. The van der Waals surface area contributed by atoms with Gasteiger partial charge in [-0.2, -0.15) is 0 Å². The number of nitrogen functional groups attached to an aromatic ring is 1. The molecule has 2 bridgehead atoms. The second-order valence-electron chi connectivity index (χ2n) is 5.46. The highest BCUT2D eigenvalue weighted by molar-refractivity contribution is 6.34. The first-order valence-electron chi connectivity index (χ1n) is 6.62. The molecule has 4 nitrogen and oxygen atoms in total. The van der Waals surface area contributed by atoms with Gasteiger partial charge in [-0.05, 0) is 43.9 Å². The molecular formula is C14H17ClN2O2. The predicted octanol–water partition coefficient (Wildman–Crippen LogP) is 2.05. The molecule has 3 rings (SSSR count). The Morgan fingerprint density at radius 1 is 1.32 bits per heavy atom. The fourth-order valence-electron chi connectivity index (χ4n) is 3.33. The third-order valence-electron chi connectivity index (χ3n) is 4.16. The maximum absolute atomic E-state index is 12.6. The Balaban J connectivity index is 1.90. The molecule has 1 aromatic carbocycles. The van der Waals surface area contributed by atoms with Crippen LogP contribution in [0, 0.1) is 0 Å². The number of amides is 1. The second kappa shape index (κ2) is 4.69. The van der Waals surface area contributed by atoms with Gasteiger partial charge in [0, 0.05) is 17.8 Å². The number of rotatable bonds is 1. The molecule has 102 valence electrons. The van der Waals surface area contributed by atoms with Crippen molar-refractivity contribution in [3.63, 3.8) is 0 Å². The Morgan fingerprint density at radius 3 is 2.58 bits per heavy atom. The summed E-state index contributed by atoms with van der Waals surface area (Å²) in [5.41, 5.74) is 6.74. The molecule has 0 spiro atoms. The molecule has 3 N–H and O–H groups in total. The Kier molecular flexibility index (Phi) is 3.15. The number of piperidine rings is 1. The van der Waals surface area contributed by atoms with Crippen LogP contribution < -0.4 is 5.73 Å². The number of carbonyl (C=O) groups is 1. The van der Waals surface area contributed by atoms with Crippen LogP contribution in [0.5, 0.6) is 0 Å². The number of halogens is 1. The predicted molar refractivity (Wildman–Crippen MR) is 74.1 cm³/mol. The Morgan fingerprint density at radius 2 is 1.95 bits per heavy atom. The Labute approximate surface area is 117 Å².